The Morgan fingerprint density at radius 2 is 1.71 bits per heavy atom. The Morgan fingerprint density at radius 3 is 2.21 bits per heavy atom. The number of primary amides is 1. The highest BCUT2D eigenvalue weighted by atomic mass is 16.5. The van der Waals surface area contributed by atoms with Gasteiger partial charge in [0.05, 0.1) is 26.6 Å². The van der Waals surface area contributed by atoms with E-state index in [2.05, 4.69) is 33.0 Å². The lowest BCUT2D eigenvalue weighted by Gasteiger charge is -2.44. The number of quaternary nitrogens is 1. The van der Waals surface area contributed by atoms with E-state index in [4.69, 9.17) is 10.5 Å². The highest BCUT2D eigenvalue weighted by molar-refractivity contribution is 5.75. The molecule has 0 aliphatic rings. The molecule has 2 atom stereocenters. The molecule has 194 valence electrons. The van der Waals surface area contributed by atoms with Crippen molar-refractivity contribution in [2.45, 2.75) is 84.8 Å². The summed E-state index contributed by atoms with van der Waals surface area (Å²) >= 11 is 0. The number of methoxy groups -OCH3 is 1. The maximum absolute atomic E-state index is 13.8. The van der Waals surface area contributed by atoms with Crippen molar-refractivity contribution in [3.05, 3.63) is 29.8 Å². The van der Waals surface area contributed by atoms with Gasteiger partial charge >= 0.3 is 5.91 Å². The molecule has 0 aliphatic heterocycles. The first-order valence-corrected chi connectivity index (χ1v) is 12.9. The number of hydrogen-bond acceptors (Lipinski definition) is 5. The molecule has 0 unspecified atom stereocenters. The van der Waals surface area contributed by atoms with Crippen molar-refractivity contribution in [1.29, 1.82) is 0 Å². The summed E-state index contributed by atoms with van der Waals surface area (Å²) < 4.78 is 5.52. The number of carbonyl (C=O) groups is 2. The molecule has 0 spiro atoms. The molecule has 4 N–H and O–H groups in total. The normalized spacial score (nSPS) is 13.6. The first-order chi connectivity index (χ1) is 16.2. The lowest BCUT2D eigenvalue weighted by Crippen LogP contribution is -2.65. The van der Waals surface area contributed by atoms with Crippen LogP contribution in [0.15, 0.2) is 24.3 Å². The van der Waals surface area contributed by atoms with Crippen molar-refractivity contribution in [2.24, 2.45) is 11.7 Å². The van der Waals surface area contributed by atoms with Crippen LogP contribution >= 0.6 is 0 Å². The van der Waals surface area contributed by atoms with Crippen LogP contribution < -0.4 is 15.8 Å². The third kappa shape index (κ3) is 9.72. The molecule has 2 amide bonds. The van der Waals surface area contributed by atoms with Crippen molar-refractivity contribution in [2.75, 3.05) is 33.3 Å². The third-order valence-corrected chi connectivity index (χ3v) is 6.49. The predicted octanol–water partition coefficient (Wildman–Crippen LogP) is 3.42. The van der Waals surface area contributed by atoms with Gasteiger partial charge in [0, 0.05) is 19.4 Å². The lowest BCUT2D eigenvalue weighted by atomic mass is 9.94. The maximum atomic E-state index is 13.8. The summed E-state index contributed by atoms with van der Waals surface area (Å²) in [5.41, 5.74) is 6.38. The van der Waals surface area contributed by atoms with Gasteiger partial charge in [0.1, 0.15) is 17.9 Å². The van der Waals surface area contributed by atoms with E-state index in [9.17, 15) is 14.7 Å². The molecule has 0 bridgehead atoms. The van der Waals surface area contributed by atoms with Crippen LogP contribution in [0.2, 0.25) is 0 Å². The summed E-state index contributed by atoms with van der Waals surface area (Å²) in [4.78, 5) is 25.0. The highest BCUT2D eigenvalue weighted by Gasteiger charge is 2.45. The second-order valence-electron chi connectivity index (χ2n) is 9.77. The zero-order valence-corrected chi connectivity index (χ0v) is 22.0. The van der Waals surface area contributed by atoms with E-state index in [0.717, 1.165) is 37.1 Å². The molecular weight excluding hydrogens is 430 g/mol. The van der Waals surface area contributed by atoms with Crippen molar-refractivity contribution in [3.8, 4) is 5.75 Å². The molecule has 0 fully saturated rings. The molecule has 0 aliphatic carbocycles. The Bertz CT molecular complexity index is 715. The number of rotatable bonds is 18. The van der Waals surface area contributed by atoms with E-state index in [1.165, 1.54) is 0 Å². The minimum absolute atomic E-state index is 0.0877. The van der Waals surface area contributed by atoms with Gasteiger partial charge in [-0.2, -0.15) is 0 Å². The van der Waals surface area contributed by atoms with Crippen LogP contribution in [-0.2, 0) is 16.0 Å². The van der Waals surface area contributed by atoms with Gasteiger partial charge in [-0.3, -0.25) is 9.28 Å². The zero-order chi connectivity index (χ0) is 25.6. The van der Waals surface area contributed by atoms with Gasteiger partial charge in [-0.05, 0) is 55.8 Å². The Balaban J connectivity index is 3.27. The summed E-state index contributed by atoms with van der Waals surface area (Å²) in [5.74, 6) is 1.06. The molecular formula is C27H48N3O4+. The summed E-state index contributed by atoms with van der Waals surface area (Å²) in [5, 5.41) is 14.9. The minimum atomic E-state index is -0.688. The SMILES string of the molecule is CCC[N+](CCC)(C(=O)CCCC(N)=O)[C@@H](Cc1ccc(OC)cc1)[C@H](O)CNCCC(C)C. The van der Waals surface area contributed by atoms with Crippen LogP contribution in [0.5, 0.6) is 5.75 Å². The number of nitrogens with one attached hydrogen (secondary N) is 1. The van der Waals surface area contributed by atoms with Crippen molar-refractivity contribution in [3.63, 3.8) is 0 Å². The van der Waals surface area contributed by atoms with Crippen LogP contribution in [0, 0.1) is 5.92 Å². The van der Waals surface area contributed by atoms with Crippen LogP contribution in [0.3, 0.4) is 0 Å². The second kappa shape index (κ2) is 15.8. The maximum Gasteiger partial charge on any atom is 0.314 e. The Morgan fingerprint density at radius 1 is 1.09 bits per heavy atom. The number of aliphatic hydroxyl groups is 1. The number of nitrogens with zero attached hydrogens (tertiary/aromatic N) is 1. The number of amides is 2. The van der Waals surface area contributed by atoms with Gasteiger partial charge in [-0.25, -0.2) is 4.79 Å². The number of benzene rings is 1. The fraction of sp³-hybridized carbons (Fsp3) is 0.704. The summed E-state index contributed by atoms with van der Waals surface area (Å²) in [6, 6.07) is 7.57. The van der Waals surface area contributed by atoms with Gasteiger partial charge in [0.2, 0.25) is 5.91 Å². The van der Waals surface area contributed by atoms with Crippen molar-refractivity contribution >= 4 is 11.8 Å². The average Bonchev–Trinajstić information content (AvgIpc) is 2.80. The summed E-state index contributed by atoms with van der Waals surface area (Å²) in [7, 11) is 1.64. The van der Waals surface area contributed by atoms with E-state index < -0.39 is 6.10 Å². The molecule has 34 heavy (non-hydrogen) atoms. The van der Waals surface area contributed by atoms with Crippen LogP contribution in [0.25, 0.3) is 0 Å². The van der Waals surface area contributed by atoms with Crippen molar-refractivity contribution < 1.29 is 23.9 Å². The van der Waals surface area contributed by atoms with E-state index in [0.29, 0.717) is 38.4 Å². The minimum Gasteiger partial charge on any atom is -0.497 e. The smallest absolute Gasteiger partial charge is 0.314 e. The second-order valence-corrected chi connectivity index (χ2v) is 9.77. The summed E-state index contributed by atoms with van der Waals surface area (Å²) in [6.07, 6.45) is 3.52. The van der Waals surface area contributed by atoms with Gasteiger partial charge in [-0.15, -0.1) is 0 Å². The van der Waals surface area contributed by atoms with E-state index >= 15 is 0 Å². The largest absolute Gasteiger partial charge is 0.497 e. The summed E-state index contributed by atoms with van der Waals surface area (Å²) in [6.45, 7) is 11.1. The first kappa shape index (κ1) is 30.1. The number of aliphatic hydroxyl groups excluding tert-OH is 1. The van der Waals surface area contributed by atoms with Gasteiger partial charge in [-0.1, -0.05) is 39.8 Å². The van der Waals surface area contributed by atoms with Crippen LogP contribution in [-0.4, -0.2) is 66.8 Å². The molecule has 1 aromatic carbocycles. The Kier molecular flexibility index (Phi) is 14.0. The highest BCUT2D eigenvalue weighted by Crippen LogP contribution is 2.27. The van der Waals surface area contributed by atoms with Gasteiger partial charge in [0.25, 0.3) is 0 Å². The fourth-order valence-corrected chi connectivity index (χ4v) is 4.73. The van der Waals surface area contributed by atoms with Crippen LogP contribution in [0.4, 0.5) is 0 Å². The Labute approximate surface area is 206 Å². The molecule has 0 radical (unpaired) electrons. The van der Waals surface area contributed by atoms with Gasteiger partial charge < -0.3 is 20.9 Å². The number of carbonyl (C=O) groups excluding carboxylic acids is 2. The molecule has 7 nitrogen and oxygen atoms in total. The average molecular weight is 479 g/mol. The van der Waals surface area contributed by atoms with E-state index in [1.807, 2.05) is 24.3 Å². The third-order valence-electron chi connectivity index (χ3n) is 6.49. The van der Waals surface area contributed by atoms with Crippen molar-refractivity contribution in [1.82, 2.24) is 5.32 Å². The first-order valence-electron chi connectivity index (χ1n) is 12.9. The molecule has 1 rings (SSSR count). The molecule has 0 aromatic heterocycles. The number of ether oxygens (including phenoxy) is 1. The van der Waals surface area contributed by atoms with Crippen LogP contribution in [0.1, 0.15) is 71.8 Å². The standard InChI is InChI=1S/C27H47N3O4/c1-6-17-30(18-7-2,27(33)10-8-9-26(28)32)24(25(31)20-29-16-15-21(3)4)19-22-11-13-23(34-5)14-12-22/h11-14,21,24-25,29,31H,6-10,15-20H2,1-5H3,(H-,28,32)/p+1/t24-,25+/m0/s1. The molecule has 7 heteroatoms. The molecule has 1 aromatic rings. The quantitative estimate of drug-likeness (QED) is 0.222. The zero-order valence-electron chi connectivity index (χ0n) is 22.0. The number of hydrogen-bond donors (Lipinski definition) is 3. The van der Waals surface area contributed by atoms with E-state index in [1.54, 1.807) is 7.11 Å². The lowest BCUT2D eigenvalue weighted by molar-refractivity contribution is -0.884. The molecule has 0 saturated heterocycles. The Hall–Kier alpha value is -1.96. The monoisotopic (exact) mass is 478 g/mol. The number of nitrogens with two attached hydrogens (primary N) is 1. The molecule has 0 saturated carbocycles. The fourth-order valence-electron chi connectivity index (χ4n) is 4.73. The predicted molar refractivity (Wildman–Crippen MR) is 137 cm³/mol. The molecule has 0 heterocycles. The topological polar surface area (TPSA) is 102 Å². The van der Waals surface area contributed by atoms with E-state index in [-0.39, 0.29) is 35.2 Å². The van der Waals surface area contributed by atoms with Gasteiger partial charge in [0.15, 0.2) is 0 Å².